The molecular formula is C19H27Cl2N3O. The standard InChI is InChI=1S/C19H25N3O.2ClH/c1-14(23)22-13-17(16-7-2-3-8-18(16)22)19(15-5-4-6-15)21-11-9-20-10-12-21;;/h2-3,7-8,13,15,19-20H,4-6,9-12H2,1H3;2*1H/t19-;;/m1../s1. The third kappa shape index (κ3) is 3.72. The van der Waals surface area contributed by atoms with E-state index < -0.39 is 0 Å². The van der Waals surface area contributed by atoms with Crippen molar-refractivity contribution in [2.75, 3.05) is 26.2 Å². The lowest BCUT2D eigenvalue weighted by Crippen LogP contribution is -2.47. The second-order valence-corrected chi connectivity index (χ2v) is 6.91. The lowest BCUT2D eigenvalue weighted by atomic mass is 9.76. The molecule has 1 aromatic carbocycles. The molecule has 1 aliphatic heterocycles. The fourth-order valence-electron chi connectivity index (χ4n) is 4.17. The molecular weight excluding hydrogens is 357 g/mol. The second-order valence-electron chi connectivity index (χ2n) is 6.91. The van der Waals surface area contributed by atoms with E-state index >= 15 is 0 Å². The van der Waals surface area contributed by atoms with Gasteiger partial charge in [-0.2, -0.15) is 0 Å². The number of hydrogen-bond donors (Lipinski definition) is 1. The Morgan fingerprint density at radius 3 is 2.44 bits per heavy atom. The van der Waals surface area contributed by atoms with Gasteiger partial charge in [-0.25, -0.2) is 0 Å². The average molecular weight is 384 g/mol. The first-order valence-electron chi connectivity index (χ1n) is 8.81. The number of carbonyl (C=O) groups excluding carboxylic acids is 1. The molecule has 0 bridgehead atoms. The van der Waals surface area contributed by atoms with Crippen LogP contribution in [0.4, 0.5) is 0 Å². The Morgan fingerprint density at radius 2 is 1.84 bits per heavy atom. The Morgan fingerprint density at radius 1 is 1.16 bits per heavy atom. The van der Waals surface area contributed by atoms with Crippen molar-refractivity contribution in [2.24, 2.45) is 5.92 Å². The Bertz CT molecular complexity index is 721. The van der Waals surface area contributed by atoms with Crippen LogP contribution in [0.15, 0.2) is 30.5 Å². The normalized spacial score (nSPS) is 19.6. The number of halogens is 2. The van der Waals surface area contributed by atoms with Gasteiger partial charge in [-0.05, 0) is 30.4 Å². The summed E-state index contributed by atoms with van der Waals surface area (Å²) in [6, 6.07) is 8.81. The Balaban J connectivity index is 0.00000113. The first-order valence-corrected chi connectivity index (χ1v) is 8.81. The van der Waals surface area contributed by atoms with E-state index in [2.05, 4.69) is 34.6 Å². The van der Waals surface area contributed by atoms with Gasteiger partial charge in [0.25, 0.3) is 0 Å². The summed E-state index contributed by atoms with van der Waals surface area (Å²) in [6.45, 7) is 5.98. The summed E-state index contributed by atoms with van der Waals surface area (Å²) in [5, 5.41) is 4.70. The van der Waals surface area contributed by atoms with Crippen molar-refractivity contribution in [2.45, 2.75) is 32.2 Å². The van der Waals surface area contributed by atoms with E-state index in [0.29, 0.717) is 6.04 Å². The van der Waals surface area contributed by atoms with Crippen LogP contribution in [0.1, 0.15) is 42.6 Å². The monoisotopic (exact) mass is 383 g/mol. The number of aromatic nitrogens is 1. The number of carbonyl (C=O) groups is 1. The molecule has 4 rings (SSSR count). The highest BCUT2D eigenvalue weighted by Crippen LogP contribution is 2.44. The second kappa shape index (κ2) is 8.54. The minimum absolute atomic E-state index is 0. The van der Waals surface area contributed by atoms with Gasteiger partial charge in [-0.15, -0.1) is 24.8 Å². The summed E-state index contributed by atoms with van der Waals surface area (Å²) in [6.07, 6.45) is 6.08. The molecule has 1 saturated heterocycles. The fraction of sp³-hybridized carbons (Fsp3) is 0.526. The van der Waals surface area contributed by atoms with E-state index in [4.69, 9.17) is 0 Å². The van der Waals surface area contributed by atoms with E-state index in [1.165, 1.54) is 30.2 Å². The van der Waals surface area contributed by atoms with E-state index in [0.717, 1.165) is 37.6 Å². The molecule has 4 nitrogen and oxygen atoms in total. The van der Waals surface area contributed by atoms with Gasteiger partial charge in [0.2, 0.25) is 5.91 Å². The van der Waals surface area contributed by atoms with Crippen LogP contribution >= 0.6 is 24.8 Å². The molecule has 2 aliphatic rings. The fourth-order valence-corrected chi connectivity index (χ4v) is 4.17. The van der Waals surface area contributed by atoms with Crippen molar-refractivity contribution in [1.82, 2.24) is 14.8 Å². The molecule has 1 aliphatic carbocycles. The van der Waals surface area contributed by atoms with Gasteiger partial charge in [-0.1, -0.05) is 24.6 Å². The summed E-state index contributed by atoms with van der Waals surface area (Å²) < 4.78 is 1.83. The molecule has 0 radical (unpaired) electrons. The summed E-state index contributed by atoms with van der Waals surface area (Å²) >= 11 is 0. The van der Waals surface area contributed by atoms with Gasteiger partial charge in [0, 0.05) is 50.7 Å². The molecule has 2 aromatic rings. The van der Waals surface area contributed by atoms with Crippen molar-refractivity contribution >= 4 is 41.6 Å². The van der Waals surface area contributed by atoms with Crippen LogP contribution in [0.25, 0.3) is 10.9 Å². The molecule has 0 amide bonds. The molecule has 2 heterocycles. The highest BCUT2D eigenvalue weighted by atomic mass is 35.5. The molecule has 1 aromatic heterocycles. The van der Waals surface area contributed by atoms with Crippen LogP contribution < -0.4 is 5.32 Å². The van der Waals surface area contributed by atoms with Crippen LogP contribution in [0.5, 0.6) is 0 Å². The zero-order valence-corrected chi connectivity index (χ0v) is 16.2. The van der Waals surface area contributed by atoms with Crippen molar-refractivity contribution in [3.8, 4) is 0 Å². The lowest BCUT2D eigenvalue weighted by molar-refractivity contribution is 0.0840. The molecule has 1 N–H and O–H groups in total. The lowest BCUT2D eigenvalue weighted by Gasteiger charge is -2.43. The predicted octanol–water partition coefficient (Wildman–Crippen LogP) is 3.89. The molecule has 6 heteroatoms. The van der Waals surface area contributed by atoms with Gasteiger partial charge in [0.1, 0.15) is 0 Å². The van der Waals surface area contributed by atoms with E-state index in [-0.39, 0.29) is 30.7 Å². The van der Waals surface area contributed by atoms with Crippen LogP contribution in [0.2, 0.25) is 0 Å². The average Bonchev–Trinajstić information content (AvgIpc) is 2.91. The highest BCUT2D eigenvalue weighted by molar-refractivity contribution is 5.93. The minimum Gasteiger partial charge on any atom is -0.314 e. The number of nitrogens with zero attached hydrogens (tertiary/aromatic N) is 2. The number of benzene rings is 1. The zero-order valence-electron chi connectivity index (χ0n) is 14.6. The number of nitrogens with one attached hydrogen (secondary N) is 1. The smallest absolute Gasteiger partial charge is 0.227 e. The molecule has 1 atom stereocenters. The Hall–Kier alpha value is -1.07. The summed E-state index contributed by atoms with van der Waals surface area (Å²) in [5.41, 5.74) is 2.40. The van der Waals surface area contributed by atoms with Crippen LogP contribution in [0, 0.1) is 5.92 Å². The van der Waals surface area contributed by atoms with Crippen LogP contribution in [0.3, 0.4) is 0 Å². The van der Waals surface area contributed by atoms with E-state index in [1.54, 1.807) is 6.92 Å². The molecule has 0 spiro atoms. The maximum Gasteiger partial charge on any atom is 0.227 e. The van der Waals surface area contributed by atoms with E-state index in [9.17, 15) is 4.79 Å². The van der Waals surface area contributed by atoms with Crippen LogP contribution in [-0.4, -0.2) is 41.6 Å². The zero-order chi connectivity index (χ0) is 15.8. The van der Waals surface area contributed by atoms with E-state index in [1.807, 2.05) is 10.6 Å². The molecule has 138 valence electrons. The molecule has 1 saturated carbocycles. The Kier molecular flexibility index (Phi) is 6.92. The largest absolute Gasteiger partial charge is 0.314 e. The quantitative estimate of drug-likeness (QED) is 0.873. The van der Waals surface area contributed by atoms with Crippen molar-refractivity contribution in [3.63, 3.8) is 0 Å². The predicted molar refractivity (Wildman–Crippen MR) is 107 cm³/mol. The topological polar surface area (TPSA) is 37.3 Å². The van der Waals surface area contributed by atoms with Gasteiger partial charge >= 0.3 is 0 Å². The molecule has 0 unspecified atom stereocenters. The maximum atomic E-state index is 12.1. The first kappa shape index (κ1) is 20.2. The maximum absolute atomic E-state index is 12.1. The number of piperazine rings is 1. The van der Waals surface area contributed by atoms with Gasteiger partial charge < -0.3 is 5.32 Å². The highest BCUT2D eigenvalue weighted by Gasteiger charge is 2.35. The summed E-state index contributed by atoms with van der Waals surface area (Å²) in [4.78, 5) is 14.7. The number of fused-ring (bicyclic) bond motifs is 1. The third-order valence-corrected chi connectivity index (χ3v) is 5.54. The molecule has 25 heavy (non-hydrogen) atoms. The summed E-state index contributed by atoms with van der Waals surface area (Å²) in [5.74, 6) is 0.833. The number of para-hydroxylation sites is 1. The van der Waals surface area contributed by atoms with Crippen molar-refractivity contribution in [1.29, 1.82) is 0 Å². The minimum atomic E-state index is 0. The number of hydrogen-bond acceptors (Lipinski definition) is 3. The summed E-state index contributed by atoms with van der Waals surface area (Å²) in [7, 11) is 0. The first-order chi connectivity index (χ1) is 11.3. The molecule has 2 fully saturated rings. The van der Waals surface area contributed by atoms with Gasteiger partial charge in [-0.3, -0.25) is 14.3 Å². The van der Waals surface area contributed by atoms with Gasteiger partial charge in [0.15, 0.2) is 0 Å². The van der Waals surface area contributed by atoms with Crippen molar-refractivity contribution < 1.29 is 4.79 Å². The number of rotatable bonds is 3. The Labute approximate surface area is 161 Å². The van der Waals surface area contributed by atoms with Crippen molar-refractivity contribution in [3.05, 3.63) is 36.0 Å². The van der Waals surface area contributed by atoms with Crippen LogP contribution in [-0.2, 0) is 0 Å². The van der Waals surface area contributed by atoms with Gasteiger partial charge in [0.05, 0.1) is 5.52 Å². The third-order valence-electron chi connectivity index (χ3n) is 5.54. The SMILES string of the molecule is CC(=O)n1cc([C@@H](C2CCC2)N2CCNCC2)c2ccccc21.Cl.Cl.